The van der Waals surface area contributed by atoms with Crippen LogP contribution in [-0.4, -0.2) is 5.71 Å². The predicted octanol–water partition coefficient (Wildman–Crippen LogP) is 1.99. The molecule has 0 aromatic rings. The number of rotatable bonds is 0. The van der Waals surface area contributed by atoms with Crippen molar-refractivity contribution in [3.63, 3.8) is 0 Å². The second-order valence-electron chi connectivity index (χ2n) is 3.45. The molecule has 0 spiro atoms. The van der Waals surface area contributed by atoms with Crippen molar-refractivity contribution in [2.45, 2.75) is 25.7 Å². The van der Waals surface area contributed by atoms with Gasteiger partial charge in [0.25, 0.3) is 0 Å². The molecule has 1 fully saturated rings. The molecule has 2 rings (SSSR count). The summed E-state index contributed by atoms with van der Waals surface area (Å²) < 4.78 is 0. The van der Waals surface area contributed by atoms with Gasteiger partial charge in [0.05, 0.1) is 5.71 Å². The minimum atomic E-state index is 0.700. The van der Waals surface area contributed by atoms with Crippen LogP contribution in [0.2, 0.25) is 0 Å². The van der Waals surface area contributed by atoms with E-state index in [1.165, 1.54) is 24.8 Å². The zero-order valence-corrected chi connectivity index (χ0v) is 7.16. The Labute approximate surface area is 72.8 Å². The summed E-state index contributed by atoms with van der Waals surface area (Å²) in [5, 5.41) is 3.85. The zero-order valence-electron chi connectivity index (χ0n) is 7.16. The highest BCUT2D eigenvalue weighted by molar-refractivity contribution is 6.01. The predicted molar refractivity (Wildman–Crippen MR) is 50.8 cm³/mol. The van der Waals surface area contributed by atoms with Gasteiger partial charge in [0.2, 0.25) is 0 Å². The summed E-state index contributed by atoms with van der Waals surface area (Å²) in [4.78, 5) is 0. The Balaban J connectivity index is 2.29. The fourth-order valence-corrected chi connectivity index (χ4v) is 2.08. The largest absolute Gasteiger partial charge is 0.323 e. The number of nitrogens with two attached hydrogens (primary N) is 1. The second-order valence-corrected chi connectivity index (χ2v) is 3.45. The van der Waals surface area contributed by atoms with E-state index >= 15 is 0 Å². The minimum absolute atomic E-state index is 0.700. The molecule has 2 heteroatoms. The van der Waals surface area contributed by atoms with E-state index in [1.54, 1.807) is 0 Å². The lowest BCUT2D eigenvalue weighted by atomic mass is 9.79. The number of allylic oxidation sites excluding steroid dienone is 4. The SMILES string of the molecule is NN=C1CCCC2CC=CC=C12. The fraction of sp³-hybridized carbons (Fsp3) is 0.500. The second kappa shape index (κ2) is 3.13. The topological polar surface area (TPSA) is 38.4 Å². The van der Waals surface area contributed by atoms with Gasteiger partial charge in [-0.1, -0.05) is 18.2 Å². The number of hydrogen-bond donors (Lipinski definition) is 1. The van der Waals surface area contributed by atoms with Crippen LogP contribution in [0.4, 0.5) is 0 Å². The van der Waals surface area contributed by atoms with Crippen LogP contribution in [0.3, 0.4) is 0 Å². The number of hydrazone groups is 1. The summed E-state index contributed by atoms with van der Waals surface area (Å²) >= 11 is 0. The highest BCUT2D eigenvalue weighted by atomic mass is 15.1. The van der Waals surface area contributed by atoms with E-state index in [9.17, 15) is 0 Å². The Bertz CT molecular complexity index is 261. The van der Waals surface area contributed by atoms with Crippen molar-refractivity contribution in [3.05, 3.63) is 23.8 Å². The van der Waals surface area contributed by atoms with Gasteiger partial charge >= 0.3 is 0 Å². The van der Waals surface area contributed by atoms with Crippen LogP contribution in [0.1, 0.15) is 25.7 Å². The van der Waals surface area contributed by atoms with Crippen LogP contribution in [0, 0.1) is 5.92 Å². The van der Waals surface area contributed by atoms with Gasteiger partial charge < -0.3 is 5.84 Å². The smallest absolute Gasteiger partial charge is 0.0635 e. The third kappa shape index (κ3) is 1.17. The first-order valence-electron chi connectivity index (χ1n) is 4.55. The van der Waals surface area contributed by atoms with Crippen molar-refractivity contribution < 1.29 is 0 Å². The molecule has 12 heavy (non-hydrogen) atoms. The molecule has 0 amide bonds. The maximum Gasteiger partial charge on any atom is 0.0635 e. The van der Waals surface area contributed by atoms with Gasteiger partial charge in [-0.05, 0) is 37.2 Å². The molecular weight excluding hydrogens is 148 g/mol. The summed E-state index contributed by atoms with van der Waals surface area (Å²) in [5.74, 6) is 6.03. The molecule has 2 N–H and O–H groups in total. The zero-order chi connectivity index (χ0) is 8.39. The van der Waals surface area contributed by atoms with E-state index in [2.05, 4.69) is 23.3 Å². The van der Waals surface area contributed by atoms with Gasteiger partial charge in [-0.15, -0.1) is 0 Å². The van der Waals surface area contributed by atoms with Gasteiger partial charge in [-0.25, -0.2) is 0 Å². The normalized spacial score (nSPS) is 31.5. The fourth-order valence-electron chi connectivity index (χ4n) is 2.08. The Morgan fingerprint density at radius 1 is 1.50 bits per heavy atom. The number of fused-ring (bicyclic) bond motifs is 1. The van der Waals surface area contributed by atoms with E-state index < -0.39 is 0 Å². The molecule has 0 bridgehead atoms. The first-order valence-corrected chi connectivity index (χ1v) is 4.55. The van der Waals surface area contributed by atoms with Gasteiger partial charge in [0, 0.05) is 0 Å². The number of hydrogen-bond acceptors (Lipinski definition) is 2. The average molecular weight is 162 g/mol. The number of nitrogens with zero attached hydrogens (tertiary/aromatic N) is 1. The summed E-state index contributed by atoms with van der Waals surface area (Å²) in [6, 6.07) is 0. The van der Waals surface area contributed by atoms with E-state index in [-0.39, 0.29) is 0 Å². The van der Waals surface area contributed by atoms with Gasteiger partial charge in [0.1, 0.15) is 0 Å². The Morgan fingerprint density at radius 3 is 3.25 bits per heavy atom. The molecule has 2 aliphatic rings. The Kier molecular flexibility index (Phi) is 1.98. The van der Waals surface area contributed by atoms with Crippen molar-refractivity contribution in [1.82, 2.24) is 0 Å². The van der Waals surface area contributed by atoms with Crippen molar-refractivity contribution in [2.75, 3.05) is 0 Å². The van der Waals surface area contributed by atoms with Crippen LogP contribution in [0.5, 0.6) is 0 Å². The lowest BCUT2D eigenvalue weighted by molar-refractivity contribution is 0.533. The van der Waals surface area contributed by atoms with Gasteiger partial charge in [-0.3, -0.25) is 0 Å². The minimum Gasteiger partial charge on any atom is -0.323 e. The molecule has 0 aromatic heterocycles. The molecule has 0 aliphatic heterocycles. The standard InChI is InChI=1S/C10H14N2/c11-12-10-7-3-5-8-4-1-2-6-9(8)10/h1-2,6,8H,3-5,7,11H2. The van der Waals surface area contributed by atoms with Gasteiger partial charge in [0.15, 0.2) is 0 Å². The van der Waals surface area contributed by atoms with Crippen molar-refractivity contribution in [3.8, 4) is 0 Å². The quantitative estimate of drug-likeness (QED) is 0.429. The maximum absolute atomic E-state index is 5.33. The highest BCUT2D eigenvalue weighted by Crippen LogP contribution is 2.32. The molecule has 64 valence electrons. The van der Waals surface area contributed by atoms with Gasteiger partial charge in [-0.2, -0.15) is 5.10 Å². The third-order valence-electron chi connectivity index (χ3n) is 2.73. The first kappa shape index (κ1) is 7.59. The first-order chi connectivity index (χ1) is 5.92. The molecule has 1 unspecified atom stereocenters. The van der Waals surface area contributed by atoms with Crippen molar-refractivity contribution in [1.29, 1.82) is 0 Å². The lowest BCUT2D eigenvalue weighted by Crippen LogP contribution is -2.21. The molecular formula is C10H14N2. The molecule has 0 radical (unpaired) electrons. The Hall–Kier alpha value is -1.05. The highest BCUT2D eigenvalue weighted by Gasteiger charge is 2.23. The van der Waals surface area contributed by atoms with Crippen LogP contribution in [0.15, 0.2) is 28.9 Å². The Morgan fingerprint density at radius 2 is 2.42 bits per heavy atom. The molecule has 1 atom stereocenters. The van der Waals surface area contributed by atoms with Crippen LogP contribution in [-0.2, 0) is 0 Å². The summed E-state index contributed by atoms with van der Waals surface area (Å²) in [6.07, 6.45) is 11.3. The van der Waals surface area contributed by atoms with E-state index in [0.29, 0.717) is 5.92 Å². The maximum atomic E-state index is 5.33. The molecule has 0 saturated heterocycles. The summed E-state index contributed by atoms with van der Waals surface area (Å²) in [6.45, 7) is 0. The monoisotopic (exact) mass is 162 g/mol. The summed E-state index contributed by atoms with van der Waals surface area (Å²) in [5.41, 5.74) is 2.50. The summed E-state index contributed by atoms with van der Waals surface area (Å²) in [7, 11) is 0. The molecule has 2 aliphatic carbocycles. The molecule has 1 saturated carbocycles. The molecule has 0 heterocycles. The van der Waals surface area contributed by atoms with Crippen molar-refractivity contribution >= 4 is 5.71 Å². The van der Waals surface area contributed by atoms with E-state index in [1.807, 2.05) is 0 Å². The van der Waals surface area contributed by atoms with E-state index in [4.69, 9.17) is 5.84 Å². The lowest BCUT2D eigenvalue weighted by Gasteiger charge is -2.27. The van der Waals surface area contributed by atoms with Crippen LogP contribution in [0.25, 0.3) is 0 Å². The van der Waals surface area contributed by atoms with Crippen LogP contribution < -0.4 is 5.84 Å². The third-order valence-corrected chi connectivity index (χ3v) is 2.73. The van der Waals surface area contributed by atoms with Crippen LogP contribution >= 0.6 is 0 Å². The van der Waals surface area contributed by atoms with Crippen molar-refractivity contribution in [2.24, 2.45) is 16.9 Å². The average Bonchev–Trinajstić information content (AvgIpc) is 2.17. The van der Waals surface area contributed by atoms with E-state index in [0.717, 1.165) is 12.1 Å². The molecule has 0 aromatic carbocycles. The molecule has 2 nitrogen and oxygen atoms in total.